The molecule has 0 unspecified atom stereocenters. The van der Waals surface area contributed by atoms with Gasteiger partial charge in [-0.15, -0.1) is 0 Å². The van der Waals surface area contributed by atoms with Crippen molar-refractivity contribution < 1.29 is 23.1 Å². The molecule has 0 saturated carbocycles. The third kappa shape index (κ3) is 5.77. The molecule has 29 heavy (non-hydrogen) atoms. The van der Waals surface area contributed by atoms with Crippen molar-refractivity contribution in [2.45, 2.75) is 13.0 Å². The van der Waals surface area contributed by atoms with Crippen molar-refractivity contribution in [1.29, 1.82) is 5.26 Å². The summed E-state index contributed by atoms with van der Waals surface area (Å²) in [6, 6.07) is 11.5. The van der Waals surface area contributed by atoms with E-state index in [0.717, 1.165) is 5.70 Å². The minimum Gasteiger partial charge on any atom is -0.484 e. The van der Waals surface area contributed by atoms with E-state index in [1.165, 1.54) is 36.4 Å². The minimum atomic E-state index is -0.563. The maximum Gasteiger partial charge on any atom is 0.260 e. The lowest BCUT2D eigenvalue weighted by Gasteiger charge is -2.26. The van der Waals surface area contributed by atoms with Crippen LogP contribution in [-0.2, 0) is 16.2 Å². The summed E-state index contributed by atoms with van der Waals surface area (Å²) < 4.78 is 31.6. The Kier molecular flexibility index (Phi) is 6.76. The highest BCUT2D eigenvalue weighted by Crippen LogP contribution is 2.14. The lowest BCUT2D eigenvalue weighted by molar-refractivity contribution is -0.133. The van der Waals surface area contributed by atoms with Crippen LogP contribution in [0.25, 0.3) is 0 Å². The molecule has 0 spiro atoms. The topological polar surface area (TPSA) is 74.6 Å². The number of carbonyl (C=O) groups excluding carboxylic acids is 1. The number of hydrogen-bond donors (Lipinski definition) is 1. The van der Waals surface area contributed by atoms with Gasteiger partial charge in [-0.25, -0.2) is 8.78 Å². The summed E-state index contributed by atoms with van der Waals surface area (Å²) in [5, 5.41) is 8.84. The fraction of sp³-hybridized carbons (Fsp3) is 0.238. The Balaban J connectivity index is 1.41. The molecule has 2 aromatic carbocycles. The summed E-state index contributed by atoms with van der Waals surface area (Å²) in [6.45, 7) is 0.959. The van der Waals surface area contributed by atoms with E-state index in [-0.39, 0.29) is 30.5 Å². The number of rotatable bonds is 7. The van der Waals surface area contributed by atoms with Gasteiger partial charge in [0.25, 0.3) is 5.91 Å². The van der Waals surface area contributed by atoms with E-state index in [4.69, 9.17) is 14.8 Å². The van der Waals surface area contributed by atoms with E-state index in [1.807, 2.05) is 6.08 Å². The summed E-state index contributed by atoms with van der Waals surface area (Å²) in [4.78, 5) is 19.3. The molecule has 0 radical (unpaired) electrons. The lowest BCUT2D eigenvalue weighted by Crippen LogP contribution is -2.39. The molecule has 1 heterocycles. The van der Waals surface area contributed by atoms with Gasteiger partial charge in [-0.1, -0.05) is 6.07 Å². The second-order valence-corrected chi connectivity index (χ2v) is 6.38. The van der Waals surface area contributed by atoms with Gasteiger partial charge in [-0.2, -0.15) is 5.26 Å². The summed E-state index contributed by atoms with van der Waals surface area (Å²) >= 11 is 0. The first-order valence-corrected chi connectivity index (χ1v) is 8.96. The number of hydrogen-bond acceptors (Lipinski definition) is 5. The molecule has 0 atom stereocenters. The van der Waals surface area contributed by atoms with Crippen LogP contribution in [0.1, 0.15) is 17.5 Å². The number of hydroxylamine groups is 1. The van der Waals surface area contributed by atoms with E-state index in [0.29, 0.717) is 30.8 Å². The second kappa shape index (κ2) is 9.66. The summed E-state index contributed by atoms with van der Waals surface area (Å²) in [5.41, 5.74) is 4.29. The molecular weight excluding hydrogens is 380 g/mol. The predicted molar refractivity (Wildman–Crippen MR) is 100 cm³/mol. The second-order valence-electron chi connectivity index (χ2n) is 6.38. The number of benzene rings is 2. The Hall–Kier alpha value is -3.44. The Morgan fingerprint density at radius 2 is 2.00 bits per heavy atom. The van der Waals surface area contributed by atoms with Crippen LogP contribution in [0.2, 0.25) is 0 Å². The first kappa shape index (κ1) is 20.3. The maximum absolute atomic E-state index is 13.3. The van der Waals surface area contributed by atoms with Crippen LogP contribution < -0.4 is 10.2 Å². The molecule has 2 aromatic rings. The third-order valence-electron chi connectivity index (χ3n) is 4.33. The fourth-order valence-electron chi connectivity index (χ4n) is 2.72. The zero-order chi connectivity index (χ0) is 20.6. The molecular formula is C21H19F2N3O3. The molecule has 0 fully saturated rings. The molecule has 0 saturated heterocycles. The molecule has 0 bridgehead atoms. The monoisotopic (exact) mass is 399 g/mol. The van der Waals surface area contributed by atoms with Gasteiger partial charge in [0.05, 0.1) is 12.2 Å². The molecule has 3 rings (SSSR count). The Morgan fingerprint density at radius 1 is 1.21 bits per heavy atom. The van der Waals surface area contributed by atoms with Gasteiger partial charge in [0.1, 0.15) is 23.5 Å². The minimum absolute atomic E-state index is 0.0278. The fourth-order valence-corrected chi connectivity index (χ4v) is 2.72. The van der Waals surface area contributed by atoms with Crippen LogP contribution in [0.4, 0.5) is 8.78 Å². The van der Waals surface area contributed by atoms with Gasteiger partial charge >= 0.3 is 0 Å². The predicted octanol–water partition coefficient (Wildman–Crippen LogP) is 3.05. The van der Waals surface area contributed by atoms with Crippen LogP contribution in [0.3, 0.4) is 0 Å². The van der Waals surface area contributed by atoms with Crippen LogP contribution >= 0.6 is 0 Å². The summed E-state index contributed by atoms with van der Waals surface area (Å²) in [6.07, 6.45) is 2.42. The van der Waals surface area contributed by atoms with Gasteiger partial charge in [0, 0.05) is 25.2 Å². The highest BCUT2D eigenvalue weighted by molar-refractivity contribution is 5.78. The Labute approximate surface area is 166 Å². The Morgan fingerprint density at radius 3 is 2.69 bits per heavy atom. The molecule has 6 nitrogen and oxygen atoms in total. The summed E-state index contributed by atoms with van der Waals surface area (Å²) in [7, 11) is 0. The van der Waals surface area contributed by atoms with Crippen LogP contribution in [0, 0.1) is 23.0 Å². The van der Waals surface area contributed by atoms with Crippen molar-refractivity contribution in [2.24, 2.45) is 0 Å². The normalized spacial score (nSPS) is 13.4. The zero-order valence-electron chi connectivity index (χ0n) is 15.5. The molecule has 1 amide bonds. The van der Waals surface area contributed by atoms with E-state index in [1.54, 1.807) is 17.0 Å². The first-order chi connectivity index (χ1) is 14.0. The zero-order valence-corrected chi connectivity index (χ0v) is 15.5. The van der Waals surface area contributed by atoms with E-state index in [9.17, 15) is 13.6 Å². The smallest absolute Gasteiger partial charge is 0.260 e. The van der Waals surface area contributed by atoms with E-state index in [2.05, 4.69) is 5.48 Å². The van der Waals surface area contributed by atoms with Crippen molar-refractivity contribution >= 4 is 5.91 Å². The number of nitrogens with one attached hydrogen (secondary N) is 1. The van der Waals surface area contributed by atoms with Gasteiger partial charge < -0.3 is 9.64 Å². The Bertz CT molecular complexity index is 939. The standard InChI is InChI=1S/C21H19F2N3O3/c22-17-2-4-19(5-3-17)28-14-21(27)26-9-7-18(8-10-26)25-29-13-15-1-6-20(23)16(11-15)12-24/h1-7,11,25H,8-10,13-14H2. The molecule has 0 aromatic heterocycles. The number of ether oxygens (including phenoxy) is 1. The van der Waals surface area contributed by atoms with Crippen LogP contribution in [-0.4, -0.2) is 30.5 Å². The molecule has 1 N–H and O–H groups in total. The van der Waals surface area contributed by atoms with E-state index >= 15 is 0 Å². The largest absolute Gasteiger partial charge is 0.484 e. The highest BCUT2D eigenvalue weighted by Gasteiger charge is 2.18. The molecule has 0 aliphatic carbocycles. The quantitative estimate of drug-likeness (QED) is 0.725. The van der Waals surface area contributed by atoms with Crippen LogP contribution in [0.15, 0.2) is 54.2 Å². The average molecular weight is 399 g/mol. The average Bonchev–Trinajstić information content (AvgIpc) is 2.75. The summed E-state index contributed by atoms with van der Waals surface area (Å²) in [5.74, 6) is -0.659. The molecule has 150 valence electrons. The number of carbonyl (C=O) groups is 1. The SMILES string of the molecule is N#Cc1cc(CONC2=CCN(C(=O)COc3ccc(F)cc3)CC2)ccc1F. The van der Waals surface area contributed by atoms with Crippen molar-refractivity contribution in [3.05, 3.63) is 77.0 Å². The number of nitrogens with zero attached hydrogens (tertiary/aromatic N) is 2. The van der Waals surface area contributed by atoms with Gasteiger partial charge in [-0.05, 0) is 48.0 Å². The number of halogens is 2. The highest BCUT2D eigenvalue weighted by atomic mass is 19.1. The lowest BCUT2D eigenvalue weighted by atomic mass is 10.1. The van der Waals surface area contributed by atoms with Crippen molar-refractivity contribution in [2.75, 3.05) is 19.7 Å². The van der Waals surface area contributed by atoms with Gasteiger partial charge in [0.2, 0.25) is 0 Å². The number of amides is 1. The van der Waals surface area contributed by atoms with Crippen LogP contribution in [0.5, 0.6) is 5.75 Å². The van der Waals surface area contributed by atoms with Gasteiger partial charge in [-0.3, -0.25) is 15.1 Å². The number of nitriles is 1. The van der Waals surface area contributed by atoms with Crippen molar-refractivity contribution in [3.63, 3.8) is 0 Å². The molecule has 1 aliphatic heterocycles. The molecule has 1 aliphatic rings. The van der Waals surface area contributed by atoms with Crippen molar-refractivity contribution in [3.8, 4) is 11.8 Å². The van der Waals surface area contributed by atoms with Gasteiger partial charge in [0.15, 0.2) is 6.61 Å². The first-order valence-electron chi connectivity index (χ1n) is 8.96. The maximum atomic E-state index is 13.3. The van der Waals surface area contributed by atoms with Crippen molar-refractivity contribution in [1.82, 2.24) is 10.4 Å². The van der Waals surface area contributed by atoms with E-state index < -0.39 is 5.82 Å². The third-order valence-corrected chi connectivity index (χ3v) is 4.33. The molecule has 8 heteroatoms.